The van der Waals surface area contributed by atoms with Crippen LogP contribution in [0.2, 0.25) is 0 Å². The molecule has 3 aromatic rings. The molecule has 0 spiro atoms. The molecule has 0 amide bonds. The van der Waals surface area contributed by atoms with Gasteiger partial charge >= 0.3 is 0 Å². The molecule has 0 nitrogen and oxygen atoms in total. The minimum atomic E-state index is 0.627. The van der Waals surface area contributed by atoms with Gasteiger partial charge in [0.05, 0.1) is 9.40 Å². The summed E-state index contributed by atoms with van der Waals surface area (Å²) >= 11 is 3.94. The smallest absolute Gasteiger partial charge is 0.0524 e. The molecule has 2 heteroatoms. The predicted octanol–water partition coefficient (Wildman–Crippen LogP) is 6.36. The van der Waals surface area contributed by atoms with Crippen LogP contribution in [0.4, 0.5) is 0 Å². The van der Waals surface area contributed by atoms with Crippen LogP contribution >= 0.6 is 22.7 Å². The Morgan fingerprint density at radius 3 is 1.44 bits per heavy atom. The number of thiophene rings is 2. The van der Waals surface area contributed by atoms with Crippen LogP contribution in [0, 0.1) is 0 Å². The largest absolute Gasteiger partial charge is 0.139 e. The molecule has 94 valence electrons. The quantitative estimate of drug-likeness (QED) is 0.510. The summed E-state index contributed by atoms with van der Waals surface area (Å²) in [6.45, 7) is 9.09. The Kier molecular flexibility index (Phi) is 2.95. The fourth-order valence-electron chi connectivity index (χ4n) is 2.20. The van der Waals surface area contributed by atoms with E-state index in [4.69, 9.17) is 0 Å². The normalized spacial score (nSPS) is 12.3. The second-order valence-electron chi connectivity index (χ2n) is 5.51. The molecule has 0 saturated carbocycles. The molecule has 0 saturated heterocycles. The first-order valence-corrected chi connectivity index (χ1v) is 8.15. The standard InChI is InChI=1S/C16H18S2/c1-9(2)13-7-11-5-6-12-8-14(10(3)4)18-16(12)15(11)17-13/h5-10H,1-4H3. The van der Waals surface area contributed by atoms with E-state index in [1.54, 1.807) is 0 Å². The summed E-state index contributed by atoms with van der Waals surface area (Å²) < 4.78 is 2.96. The molecule has 0 aliphatic rings. The van der Waals surface area contributed by atoms with E-state index in [2.05, 4.69) is 52.0 Å². The van der Waals surface area contributed by atoms with Crippen LogP contribution in [0.3, 0.4) is 0 Å². The van der Waals surface area contributed by atoms with Crippen molar-refractivity contribution in [2.45, 2.75) is 39.5 Å². The van der Waals surface area contributed by atoms with Gasteiger partial charge in [0, 0.05) is 9.75 Å². The fourth-order valence-corrected chi connectivity index (χ4v) is 4.68. The molecule has 0 aliphatic heterocycles. The average Bonchev–Trinajstić information content (AvgIpc) is 2.91. The highest BCUT2D eigenvalue weighted by Crippen LogP contribution is 2.40. The molecule has 2 heterocycles. The SMILES string of the molecule is CC(C)c1cc2ccc3cc(C(C)C)sc3c2s1. The molecule has 0 fully saturated rings. The predicted molar refractivity (Wildman–Crippen MR) is 85.4 cm³/mol. The van der Waals surface area contributed by atoms with Crippen molar-refractivity contribution in [1.29, 1.82) is 0 Å². The van der Waals surface area contributed by atoms with Gasteiger partial charge in [-0.15, -0.1) is 22.7 Å². The summed E-state index contributed by atoms with van der Waals surface area (Å²) in [5, 5.41) is 2.82. The van der Waals surface area contributed by atoms with E-state index in [-0.39, 0.29) is 0 Å². The molecule has 0 radical (unpaired) electrons. The fraction of sp³-hybridized carbons (Fsp3) is 0.375. The first-order chi connectivity index (χ1) is 8.56. The summed E-state index contributed by atoms with van der Waals surface area (Å²) in [7, 11) is 0. The van der Waals surface area contributed by atoms with Crippen LogP contribution in [0.1, 0.15) is 49.3 Å². The summed E-state index contributed by atoms with van der Waals surface area (Å²) in [5.74, 6) is 1.25. The molecule has 0 atom stereocenters. The van der Waals surface area contributed by atoms with Gasteiger partial charge in [-0.1, -0.05) is 39.8 Å². The van der Waals surface area contributed by atoms with Gasteiger partial charge in [0.1, 0.15) is 0 Å². The molecule has 0 bridgehead atoms. The van der Waals surface area contributed by atoms with E-state index in [0.29, 0.717) is 11.8 Å². The first kappa shape index (κ1) is 12.2. The summed E-state index contributed by atoms with van der Waals surface area (Å²) in [4.78, 5) is 2.99. The number of fused-ring (bicyclic) bond motifs is 3. The molecular formula is C16H18S2. The van der Waals surface area contributed by atoms with Gasteiger partial charge in [-0.3, -0.25) is 0 Å². The van der Waals surface area contributed by atoms with Crippen molar-refractivity contribution in [2.75, 3.05) is 0 Å². The van der Waals surface area contributed by atoms with Gasteiger partial charge < -0.3 is 0 Å². The summed E-state index contributed by atoms with van der Waals surface area (Å²) in [6.07, 6.45) is 0. The van der Waals surface area contributed by atoms with Crippen LogP contribution < -0.4 is 0 Å². The lowest BCUT2D eigenvalue weighted by molar-refractivity contribution is 0.890. The third-order valence-electron chi connectivity index (χ3n) is 3.35. The Labute approximate surface area is 116 Å². The minimum Gasteiger partial charge on any atom is -0.139 e. The van der Waals surface area contributed by atoms with Crippen molar-refractivity contribution in [3.8, 4) is 0 Å². The lowest BCUT2D eigenvalue weighted by atomic mass is 10.1. The van der Waals surface area contributed by atoms with Crippen LogP contribution in [-0.4, -0.2) is 0 Å². The van der Waals surface area contributed by atoms with Crippen molar-refractivity contribution in [3.63, 3.8) is 0 Å². The van der Waals surface area contributed by atoms with Gasteiger partial charge in [0.2, 0.25) is 0 Å². The highest BCUT2D eigenvalue weighted by Gasteiger charge is 2.12. The topological polar surface area (TPSA) is 0 Å². The number of benzene rings is 1. The van der Waals surface area contributed by atoms with Gasteiger partial charge in [-0.2, -0.15) is 0 Å². The van der Waals surface area contributed by atoms with Crippen LogP contribution in [0.15, 0.2) is 24.3 Å². The molecule has 2 aromatic heterocycles. The Balaban J connectivity index is 2.30. The molecule has 0 unspecified atom stereocenters. The maximum atomic E-state index is 2.36. The third-order valence-corrected chi connectivity index (χ3v) is 6.41. The average molecular weight is 274 g/mol. The maximum absolute atomic E-state index is 2.36. The highest BCUT2D eigenvalue weighted by atomic mass is 32.1. The molecule has 0 aliphatic carbocycles. The van der Waals surface area contributed by atoms with Crippen molar-refractivity contribution in [3.05, 3.63) is 34.0 Å². The molecule has 0 N–H and O–H groups in total. The van der Waals surface area contributed by atoms with Gasteiger partial charge in [0.25, 0.3) is 0 Å². The van der Waals surface area contributed by atoms with Crippen molar-refractivity contribution < 1.29 is 0 Å². The lowest BCUT2D eigenvalue weighted by Gasteiger charge is -1.97. The first-order valence-electron chi connectivity index (χ1n) is 6.52. The number of hydrogen-bond acceptors (Lipinski definition) is 2. The monoisotopic (exact) mass is 274 g/mol. The van der Waals surface area contributed by atoms with E-state index in [9.17, 15) is 0 Å². The maximum Gasteiger partial charge on any atom is 0.0524 e. The van der Waals surface area contributed by atoms with Gasteiger partial charge in [-0.05, 0) is 34.7 Å². The second-order valence-corrected chi connectivity index (χ2v) is 7.68. The number of hydrogen-bond donors (Lipinski definition) is 0. The third kappa shape index (κ3) is 1.88. The number of rotatable bonds is 2. The zero-order valence-corrected chi connectivity index (χ0v) is 12.9. The summed E-state index contributed by atoms with van der Waals surface area (Å²) in [6, 6.07) is 9.27. The van der Waals surface area contributed by atoms with E-state index in [1.807, 2.05) is 22.7 Å². The van der Waals surface area contributed by atoms with Crippen LogP contribution in [0.5, 0.6) is 0 Å². The lowest BCUT2D eigenvalue weighted by Crippen LogP contribution is -1.77. The Bertz CT molecular complexity index is 637. The zero-order valence-electron chi connectivity index (χ0n) is 11.3. The van der Waals surface area contributed by atoms with Crippen molar-refractivity contribution >= 4 is 42.8 Å². The Morgan fingerprint density at radius 1 is 0.722 bits per heavy atom. The van der Waals surface area contributed by atoms with Gasteiger partial charge in [-0.25, -0.2) is 0 Å². The molecule has 3 rings (SSSR count). The summed E-state index contributed by atoms with van der Waals surface area (Å²) in [5.41, 5.74) is 0. The van der Waals surface area contributed by atoms with Crippen LogP contribution in [-0.2, 0) is 0 Å². The van der Waals surface area contributed by atoms with E-state index >= 15 is 0 Å². The van der Waals surface area contributed by atoms with Crippen LogP contribution in [0.25, 0.3) is 20.2 Å². The van der Waals surface area contributed by atoms with E-state index in [0.717, 1.165) is 0 Å². The Hall–Kier alpha value is -0.860. The molecule has 18 heavy (non-hydrogen) atoms. The zero-order chi connectivity index (χ0) is 12.9. The highest BCUT2D eigenvalue weighted by molar-refractivity contribution is 7.27. The second kappa shape index (κ2) is 4.36. The van der Waals surface area contributed by atoms with E-state index in [1.165, 1.54) is 29.9 Å². The van der Waals surface area contributed by atoms with Gasteiger partial charge in [0.15, 0.2) is 0 Å². The minimum absolute atomic E-state index is 0.627. The van der Waals surface area contributed by atoms with Crippen molar-refractivity contribution in [1.82, 2.24) is 0 Å². The molecular weight excluding hydrogens is 256 g/mol. The Morgan fingerprint density at radius 2 is 1.11 bits per heavy atom. The molecule has 1 aromatic carbocycles. The van der Waals surface area contributed by atoms with E-state index < -0.39 is 0 Å². The van der Waals surface area contributed by atoms with Crippen molar-refractivity contribution in [2.24, 2.45) is 0 Å².